The van der Waals surface area contributed by atoms with E-state index in [1.54, 1.807) is 0 Å². The standard InChI is InChI=1S/C25H43NSi4/c1-27(2,3)25(28(4,5)6)24(22-18-14-12-15-19-22,23-20-16-13-17-21-23)26(29(7,8)9)30(25,10)11/h12-21H,1-11H3. The van der Waals surface area contributed by atoms with Gasteiger partial charge in [0.2, 0.25) is 0 Å². The summed E-state index contributed by atoms with van der Waals surface area (Å²) >= 11 is 0. The van der Waals surface area contributed by atoms with E-state index in [0.717, 1.165) is 0 Å². The molecule has 1 aliphatic heterocycles. The van der Waals surface area contributed by atoms with E-state index in [0.29, 0.717) is 4.28 Å². The molecule has 2 aromatic carbocycles. The molecule has 5 heteroatoms. The summed E-state index contributed by atoms with van der Waals surface area (Å²) in [6.07, 6.45) is 0. The molecule has 1 aliphatic rings. The van der Waals surface area contributed by atoms with Gasteiger partial charge in [-0.1, -0.05) is 133 Å². The van der Waals surface area contributed by atoms with Gasteiger partial charge in [0.25, 0.3) is 0 Å². The Labute approximate surface area is 190 Å². The van der Waals surface area contributed by atoms with E-state index in [9.17, 15) is 0 Å². The maximum atomic E-state index is 3.16. The molecule has 0 aromatic heterocycles. The van der Waals surface area contributed by atoms with Crippen LogP contribution in [0, 0.1) is 0 Å². The molecule has 0 saturated carbocycles. The van der Waals surface area contributed by atoms with Crippen LogP contribution < -0.4 is 0 Å². The van der Waals surface area contributed by atoms with Gasteiger partial charge in [-0.2, -0.15) is 0 Å². The van der Waals surface area contributed by atoms with Gasteiger partial charge in [0, 0.05) is 16.1 Å². The van der Waals surface area contributed by atoms with Gasteiger partial charge in [-0.3, -0.25) is 0 Å². The van der Waals surface area contributed by atoms with Crippen molar-refractivity contribution < 1.29 is 0 Å². The van der Waals surface area contributed by atoms with Crippen LogP contribution in [0.1, 0.15) is 11.1 Å². The Morgan fingerprint density at radius 1 is 0.600 bits per heavy atom. The van der Waals surface area contributed by atoms with Crippen molar-refractivity contribution in [1.29, 1.82) is 0 Å². The highest BCUT2D eigenvalue weighted by atomic mass is 28.5. The number of rotatable bonds is 5. The summed E-state index contributed by atoms with van der Waals surface area (Å²) in [5.41, 5.74) is 3.08. The zero-order valence-corrected chi connectivity index (χ0v) is 25.2. The Balaban J connectivity index is 2.62. The zero-order valence-electron chi connectivity index (χ0n) is 21.2. The summed E-state index contributed by atoms with van der Waals surface area (Å²) in [6, 6.07) is 23.2. The first-order chi connectivity index (χ1) is 13.6. The molecule has 0 atom stereocenters. The van der Waals surface area contributed by atoms with Crippen LogP contribution in [0.2, 0.25) is 76.3 Å². The molecular weight excluding hydrogens is 427 g/mol. The molecule has 0 unspecified atom stereocenters. The number of hydrogen-bond acceptors (Lipinski definition) is 1. The fourth-order valence-electron chi connectivity index (χ4n) is 8.75. The lowest BCUT2D eigenvalue weighted by atomic mass is 9.84. The van der Waals surface area contributed by atoms with Gasteiger partial charge in [0.15, 0.2) is 0 Å². The Kier molecular flexibility index (Phi) is 5.69. The van der Waals surface area contributed by atoms with Crippen LogP contribution in [0.5, 0.6) is 0 Å². The molecule has 164 valence electrons. The highest BCUT2D eigenvalue weighted by Gasteiger charge is 2.84. The highest BCUT2D eigenvalue weighted by Crippen LogP contribution is 2.77. The first-order valence-corrected chi connectivity index (χ1v) is 24.9. The SMILES string of the molecule is C[Si](C)(C)N1C(c2ccccc2)(c2ccccc2)C([Si](C)(C)C)([Si](C)(C)C)[Si]1(C)C. The summed E-state index contributed by atoms with van der Waals surface area (Å²) in [4.78, 5) is 0. The molecule has 0 spiro atoms. The summed E-state index contributed by atoms with van der Waals surface area (Å²) < 4.78 is 3.58. The lowest BCUT2D eigenvalue weighted by Crippen LogP contribution is -2.95. The number of hydrogen-bond donors (Lipinski definition) is 0. The lowest BCUT2D eigenvalue weighted by Gasteiger charge is -2.85. The van der Waals surface area contributed by atoms with E-state index in [1.807, 2.05) is 0 Å². The average molecular weight is 470 g/mol. The molecule has 3 rings (SSSR count). The minimum atomic E-state index is -1.75. The third-order valence-corrected chi connectivity index (χ3v) is 34.6. The van der Waals surface area contributed by atoms with Crippen LogP contribution in [0.25, 0.3) is 0 Å². The second-order valence-electron chi connectivity index (χ2n) is 12.8. The number of benzene rings is 2. The summed E-state index contributed by atoms with van der Waals surface area (Å²) in [7, 11) is -6.59. The quantitative estimate of drug-likeness (QED) is 0.404. The van der Waals surface area contributed by atoms with Crippen molar-refractivity contribution in [2.75, 3.05) is 0 Å². The predicted molar refractivity (Wildman–Crippen MR) is 146 cm³/mol. The van der Waals surface area contributed by atoms with Gasteiger partial charge in [-0.05, 0) is 15.4 Å². The first-order valence-electron chi connectivity index (χ1n) is 11.5. The smallest absolute Gasteiger partial charge is 0.119 e. The molecule has 0 aliphatic carbocycles. The van der Waals surface area contributed by atoms with E-state index in [2.05, 4.69) is 137 Å². The van der Waals surface area contributed by atoms with Crippen molar-refractivity contribution in [1.82, 2.24) is 4.23 Å². The fourth-order valence-corrected chi connectivity index (χ4v) is 48.7. The summed E-state index contributed by atoms with van der Waals surface area (Å²) in [6.45, 7) is 29.3. The third-order valence-electron chi connectivity index (χ3n) is 7.66. The average Bonchev–Trinajstić information content (AvgIpc) is 2.57. The Morgan fingerprint density at radius 2 is 0.933 bits per heavy atom. The molecule has 1 heterocycles. The maximum absolute atomic E-state index is 3.16. The van der Waals surface area contributed by atoms with Crippen LogP contribution in [-0.4, -0.2) is 36.8 Å². The molecule has 1 fully saturated rings. The molecule has 30 heavy (non-hydrogen) atoms. The minimum absolute atomic E-state index is 0.00462. The topological polar surface area (TPSA) is 3.24 Å². The van der Waals surface area contributed by atoms with Crippen molar-refractivity contribution in [2.45, 2.75) is 81.8 Å². The monoisotopic (exact) mass is 469 g/mol. The minimum Gasteiger partial charge on any atom is -0.333 e. The van der Waals surface area contributed by atoms with Gasteiger partial charge < -0.3 is 4.23 Å². The van der Waals surface area contributed by atoms with Gasteiger partial charge in [-0.15, -0.1) is 0 Å². The third kappa shape index (κ3) is 2.85. The van der Waals surface area contributed by atoms with Crippen molar-refractivity contribution in [3.63, 3.8) is 0 Å². The number of nitrogens with zero attached hydrogens (tertiary/aromatic N) is 1. The van der Waals surface area contributed by atoms with Gasteiger partial charge in [0.05, 0.1) is 5.54 Å². The summed E-state index contributed by atoms with van der Waals surface area (Å²) in [5, 5.41) is 0. The summed E-state index contributed by atoms with van der Waals surface area (Å²) in [5.74, 6) is 0. The Bertz CT molecular complexity index is 833. The van der Waals surface area contributed by atoms with E-state index < -0.39 is 32.6 Å². The van der Waals surface area contributed by atoms with Crippen LogP contribution in [0.3, 0.4) is 0 Å². The van der Waals surface area contributed by atoms with Crippen LogP contribution in [0.15, 0.2) is 60.7 Å². The zero-order chi connectivity index (χ0) is 22.8. The predicted octanol–water partition coefficient (Wildman–Crippen LogP) is 7.78. The van der Waals surface area contributed by atoms with Gasteiger partial charge in [-0.25, -0.2) is 0 Å². The molecule has 2 aromatic rings. The Hall–Kier alpha value is -0.732. The van der Waals surface area contributed by atoms with Gasteiger partial charge >= 0.3 is 0 Å². The molecule has 0 radical (unpaired) electrons. The second kappa shape index (κ2) is 7.14. The van der Waals surface area contributed by atoms with E-state index in [4.69, 9.17) is 0 Å². The van der Waals surface area contributed by atoms with Crippen LogP contribution >= 0.6 is 0 Å². The van der Waals surface area contributed by atoms with Gasteiger partial charge in [0.1, 0.15) is 16.5 Å². The first kappa shape index (κ1) is 23.9. The molecule has 0 amide bonds. The van der Waals surface area contributed by atoms with Crippen molar-refractivity contribution >= 4 is 32.6 Å². The van der Waals surface area contributed by atoms with Crippen LogP contribution in [-0.2, 0) is 5.54 Å². The fraction of sp³-hybridized carbons (Fsp3) is 0.520. The van der Waals surface area contributed by atoms with Crippen molar-refractivity contribution in [3.05, 3.63) is 71.8 Å². The van der Waals surface area contributed by atoms with Crippen molar-refractivity contribution in [3.8, 4) is 0 Å². The molecular formula is C25H43NSi4. The highest BCUT2D eigenvalue weighted by molar-refractivity contribution is 7.19. The molecule has 1 nitrogen and oxygen atoms in total. The Morgan fingerprint density at radius 3 is 1.20 bits per heavy atom. The second-order valence-corrected chi connectivity index (χ2v) is 34.3. The van der Waals surface area contributed by atoms with E-state index >= 15 is 0 Å². The molecule has 0 N–H and O–H groups in total. The van der Waals surface area contributed by atoms with Crippen LogP contribution in [0.4, 0.5) is 0 Å². The molecule has 1 saturated heterocycles. The van der Waals surface area contributed by atoms with E-state index in [1.165, 1.54) is 11.1 Å². The largest absolute Gasteiger partial charge is 0.333 e. The van der Waals surface area contributed by atoms with Crippen molar-refractivity contribution in [2.24, 2.45) is 0 Å². The normalized spacial score (nSPS) is 21.2. The lowest BCUT2D eigenvalue weighted by molar-refractivity contribution is 0.224. The van der Waals surface area contributed by atoms with E-state index in [-0.39, 0.29) is 5.54 Å². The molecule has 0 bridgehead atoms. The maximum Gasteiger partial charge on any atom is 0.119 e.